The van der Waals surface area contributed by atoms with Gasteiger partial charge in [0.1, 0.15) is 5.75 Å². The summed E-state index contributed by atoms with van der Waals surface area (Å²) in [5.41, 5.74) is 0.878. The van der Waals surface area contributed by atoms with Crippen LogP contribution >= 0.6 is 23.4 Å². The number of methoxy groups -OCH3 is 1. The molecule has 0 aromatic heterocycles. The Kier molecular flexibility index (Phi) is 7.48. The first-order valence-electron chi connectivity index (χ1n) is 9.27. The third-order valence-electron chi connectivity index (χ3n) is 4.25. The molecule has 0 aliphatic carbocycles. The Bertz CT molecular complexity index is 1150. The van der Waals surface area contributed by atoms with Gasteiger partial charge in [-0.05, 0) is 73.7 Å². The van der Waals surface area contributed by atoms with Crippen LogP contribution in [-0.2, 0) is 14.8 Å². The number of rotatable bonds is 8. The molecule has 0 saturated carbocycles. The van der Waals surface area contributed by atoms with Crippen LogP contribution in [0.4, 0.5) is 11.4 Å². The van der Waals surface area contributed by atoms with Gasteiger partial charge in [0.15, 0.2) is 0 Å². The number of halogens is 1. The minimum absolute atomic E-state index is 0.0751. The number of thioether (sulfide) groups is 1. The molecule has 0 bridgehead atoms. The normalized spacial score (nSPS) is 12.1. The lowest BCUT2D eigenvalue weighted by Crippen LogP contribution is -2.22. The molecule has 3 aromatic carbocycles. The summed E-state index contributed by atoms with van der Waals surface area (Å²) in [7, 11) is -2.17. The third kappa shape index (κ3) is 6.40. The maximum Gasteiger partial charge on any atom is 0.261 e. The summed E-state index contributed by atoms with van der Waals surface area (Å²) in [5, 5.41) is 2.89. The zero-order valence-corrected chi connectivity index (χ0v) is 19.2. The number of anilines is 2. The zero-order chi connectivity index (χ0) is 22.4. The highest BCUT2D eigenvalue weighted by molar-refractivity contribution is 8.00. The Hall–Kier alpha value is -2.68. The molecular weight excluding hydrogens is 456 g/mol. The zero-order valence-electron chi connectivity index (χ0n) is 16.8. The van der Waals surface area contributed by atoms with E-state index in [0.29, 0.717) is 16.4 Å². The molecule has 162 valence electrons. The van der Waals surface area contributed by atoms with Crippen molar-refractivity contribution in [3.05, 3.63) is 77.8 Å². The van der Waals surface area contributed by atoms with Crippen LogP contribution in [0.5, 0.6) is 5.75 Å². The Balaban J connectivity index is 1.61. The van der Waals surface area contributed by atoms with Crippen molar-refractivity contribution >= 4 is 50.7 Å². The molecule has 3 aromatic rings. The average Bonchev–Trinajstić information content (AvgIpc) is 2.74. The molecule has 0 fully saturated rings. The lowest BCUT2D eigenvalue weighted by Gasteiger charge is -2.13. The van der Waals surface area contributed by atoms with Crippen molar-refractivity contribution < 1.29 is 17.9 Å². The SMILES string of the molecule is COc1ccc(SC(C)C(=O)Nc2ccc(S(=O)(=O)Nc3cccc(Cl)c3)cc2)cc1. The number of hydrogen-bond acceptors (Lipinski definition) is 5. The van der Waals surface area contributed by atoms with E-state index in [9.17, 15) is 13.2 Å². The number of amides is 1. The van der Waals surface area contributed by atoms with Gasteiger partial charge in [0, 0.05) is 15.6 Å². The maximum absolute atomic E-state index is 12.5. The Morgan fingerprint density at radius 2 is 1.68 bits per heavy atom. The molecule has 0 radical (unpaired) electrons. The number of carbonyl (C=O) groups is 1. The van der Waals surface area contributed by atoms with Gasteiger partial charge in [-0.15, -0.1) is 11.8 Å². The first kappa shape index (κ1) is 23.0. The van der Waals surface area contributed by atoms with Crippen molar-refractivity contribution in [3.63, 3.8) is 0 Å². The first-order valence-corrected chi connectivity index (χ1v) is 12.0. The fourth-order valence-corrected chi connectivity index (χ4v) is 4.75. The summed E-state index contributed by atoms with van der Waals surface area (Å²) in [6.07, 6.45) is 0. The van der Waals surface area contributed by atoms with Crippen LogP contribution in [0.15, 0.2) is 82.6 Å². The second-order valence-corrected chi connectivity index (χ2v) is 10.1. The summed E-state index contributed by atoms with van der Waals surface area (Å²) in [6, 6.07) is 19.9. The van der Waals surface area contributed by atoms with E-state index in [-0.39, 0.29) is 16.1 Å². The topological polar surface area (TPSA) is 84.5 Å². The summed E-state index contributed by atoms with van der Waals surface area (Å²) in [6.45, 7) is 1.80. The molecule has 1 amide bonds. The van der Waals surface area contributed by atoms with Gasteiger partial charge >= 0.3 is 0 Å². The smallest absolute Gasteiger partial charge is 0.261 e. The van der Waals surface area contributed by atoms with Gasteiger partial charge in [-0.2, -0.15) is 0 Å². The van der Waals surface area contributed by atoms with Crippen LogP contribution in [-0.4, -0.2) is 26.7 Å². The first-order chi connectivity index (χ1) is 14.8. The second kappa shape index (κ2) is 10.1. The van der Waals surface area contributed by atoms with Gasteiger partial charge < -0.3 is 10.1 Å². The predicted molar refractivity (Wildman–Crippen MR) is 126 cm³/mol. The van der Waals surface area contributed by atoms with E-state index in [1.54, 1.807) is 44.4 Å². The van der Waals surface area contributed by atoms with Crippen molar-refractivity contribution in [3.8, 4) is 5.75 Å². The molecule has 1 unspecified atom stereocenters. The number of carbonyl (C=O) groups excluding carboxylic acids is 1. The van der Waals surface area contributed by atoms with Gasteiger partial charge in [-0.3, -0.25) is 9.52 Å². The highest BCUT2D eigenvalue weighted by atomic mass is 35.5. The van der Waals surface area contributed by atoms with Crippen molar-refractivity contribution in [1.29, 1.82) is 0 Å². The molecule has 0 aliphatic rings. The summed E-state index contributed by atoms with van der Waals surface area (Å²) < 4.78 is 32.7. The summed E-state index contributed by atoms with van der Waals surface area (Å²) in [5.74, 6) is 0.565. The van der Waals surface area contributed by atoms with E-state index in [1.165, 1.54) is 30.0 Å². The lowest BCUT2D eigenvalue weighted by molar-refractivity contribution is -0.115. The molecule has 0 heterocycles. The monoisotopic (exact) mass is 476 g/mol. The quantitative estimate of drug-likeness (QED) is 0.433. The number of sulfonamides is 1. The van der Waals surface area contributed by atoms with Crippen LogP contribution in [0.2, 0.25) is 5.02 Å². The highest BCUT2D eigenvalue weighted by Crippen LogP contribution is 2.26. The van der Waals surface area contributed by atoms with Crippen LogP contribution in [0.1, 0.15) is 6.92 Å². The van der Waals surface area contributed by atoms with Gasteiger partial charge in [-0.25, -0.2) is 8.42 Å². The van der Waals surface area contributed by atoms with Crippen molar-refractivity contribution in [2.45, 2.75) is 22.0 Å². The molecule has 9 heteroatoms. The second-order valence-electron chi connectivity index (χ2n) is 6.57. The number of nitrogens with one attached hydrogen (secondary N) is 2. The molecule has 6 nitrogen and oxygen atoms in total. The average molecular weight is 477 g/mol. The van der Waals surface area contributed by atoms with Gasteiger partial charge in [0.25, 0.3) is 10.0 Å². The molecule has 2 N–H and O–H groups in total. The largest absolute Gasteiger partial charge is 0.497 e. The van der Waals surface area contributed by atoms with E-state index in [4.69, 9.17) is 16.3 Å². The summed E-state index contributed by atoms with van der Waals surface area (Å²) >= 11 is 7.31. The number of ether oxygens (including phenoxy) is 1. The van der Waals surface area contributed by atoms with E-state index in [1.807, 2.05) is 24.3 Å². The molecule has 1 atom stereocenters. The Labute approximate surface area is 191 Å². The fraction of sp³-hybridized carbons (Fsp3) is 0.136. The highest BCUT2D eigenvalue weighted by Gasteiger charge is 2.17. The molecule has 0 aliphatic heterocycles. The molecule has 0 saturated heterocycles. The molecular formula is C22H21ClN2O4S2. The lowest BCUT2D eigenvalue weighted by atomic mass is 10.3. The Morgan fingerprint density at radius 1 is 1.00 bits per heavy atom. The van der Waals surface area contributed by atoms with Gasteiger partial charge in [0.05, 0.1) is 22.9 Å². The Morgan fingerprint density at radius 3 is 2.29 bits per heavy atom. The van der Waals surface area contributed by atoms with Crippen LogP contribution in [0.25, 0.3) is 0 Å². The maximum atomic E-state index is 12.5. The van der Waals surface area contributed by atoms with Gasteiger partial charge in [-0.1, -0.05) is 17.7 Å². The standard InChI is InChI=1S/C22H21ClN2O4S2/c1-15(30-20-10-8-19(29-2)9-11-20)22(26)24-17-6-12-21(13-7-17)31(27,28)25-18-5-3-4-16(23)14-18/h3-15,25H,1-2H3,(H,24,26). The minimum atomic E-state index is -3.77. The van der Waals surface area contributed by atoms with Crippen LogP contribution in [0, 0.1) is 0 Å². The van der Waals surface area contributed by atoms with E-state index >= 15 is 0 Å². The van der Waals surface area contributed by atoms with E-state index in [0.717, 1.165) is 10.6 Å². The van der Waals surface area contributed by atoms with Gasteiger partial charge in [0.2, 0.25) is 5.91 Å². The fourth-order valence-electron chi connectivity index (χ4n) is 2.64. The van der Waals surface area contributed by atoms with Crippen molar-refractivity contribution in [2.75, 3.05) is 17.1 Å². The molecule has 31 heavy (non-hydrogen) atoms. The molecule has 0 spiro atoms. The van der Waals surface area contributed by atoms with Crippen LogP contribution < -0.4 is 14.8 Å². The van der Waals surface area contributed by atoms with Crippen molar-refractivity contribution in [1.82, 2.24) is 0 Å². The minimum Gasteiger partial charge on any atom is -0.497 e. The summed E-state index contributed by atoms with van der Waals surface area (Å²) in [4.78, 5) is 13.5. The van der Waals surface area contributed by atoms with Crippen molar-refractivity contribution in [2.24, 2.45) is 0 Å². The number of hydrogen-bond donors (Lipinski definition) is 2. The molecule has 3 rings (SSSR count). The van der Waals surface area contributed by atoms with E-state index < -0.39 is 10.0 Å². The third-order valence-corrected chi connectivity index (χ3v) is 6.99. The number of benzene rings is 3. The predicted octanol–water partition coefficient (Wildman–Crippen LogP) is 5.27. The van der Waals surface area contributed by atoms with E-state index in [2.05, 4.69) is 10.0 Å². The van der Waals surface area contributed by atoms with Crippen LogP contribution in [0.3, 0.4) is 0 Å².